The third-order valence-electron chi connectivity index (χ3n) is 2.23. The molecular formula is C11H15FIN. The van der Waals surface area contributed by atoms with Crippen molar-refractivity contribution >= 4 is 22.6 Å². The summed E-state index contributed by atoms with van der Waals surface area (Å²) in [7, 11) is 0. The molecule has 78 valence electrons. The summed E-state index contributed by atoms with van der Waals surface area (Å²) in [6.07, 6.45) is 3.23. The molecule has 0 amide bonds. The summed E-state index contributed by atoms with van der Waals surface area (Å²) in [5, 5.41) is 0. The molecule has 2 N–H and O–H groups in total. The van der Waals surface area contributed by atoms with Crippen molar-refractivity contribution in [2.45, 2.75) is 32.2 Å². The van der Waals surface area contributed by atoms with Gasteiger partial charge >= 0.3 is 0 Å². The summed E-state index contributed by atoms with van der Waals surface area (Å²) < 4.78 is 13.7. The molecule has 0 aliphatic rings. The van der Waals surface area contributed by atoms with Crippen molar-refractivity contribution in [1.29, 1.82) is 0 Å². The summed E-state index contributed by atoms with van der Waals surface area (Å²) in [4.78, 5) is 0. The van der Waals surface area contributed by atoms with Crippen LogP contribution in [0.15, 0.2) is 18.2 Å². The van der Waals surface area contributed by atoms with Gasteiger partial charge in [0.15, 0.2) is 0 Å². The summed E-state index contributed by atoms with van der Waals surface area (Å²) in [5.41, 5.74) is 7.06. The molecule has 0 fully saturated rings. The smallest absolute Gasteiger partial charge is 0.124 e. The molecule has 1 nitrogen and oxygen atoms in total. The Labute approximate surface area is 98.0 Å². The molecule has 0 heterocycles. The van der Waals surface area contributed by atoms with E-state index in [9.17, 15) is 4.39 Å². The zero-order chi connectivity index (χ0) is 10.6. The van der Waals surface area contributed by atoms with Crippen LogP contribution < -0.4 is 5.73 Å². The summed E-state index contributed by atoms with van der Waals surface area (Å²) in [5.74, 6) is -0.194. The van der Waals surface area contributed by atoms with Crippen LogP contribution in [0.1, 0.15) is 37.8 Å². The Bertz CT molecular complexity index is 301. The highest BCUT2D eigenvalue weighted by Crippen LogP contribution is 2.22. The lowest BCUT2D eigenvalue weighted by atomic mass is 10.0. The van der Waals surface area contributed by atoms with Crippen LogP contribution >= 0.6 is 22.6 Å². The van der Waals surface area contributed by atoms with Crippen molar-refractivity contribution in [2.24, 2.45) is 5.73 Å². The number of benzene rings is 1. The van der Waals surface area contributed by atoms with E-state index in [0.717, 1.165) is 28.4 Å². The minimum Gasteiger partial charge on any atom is -0.324 e. The Balaban J connectivity index is 2.74. The summed E-state index contributed by atoms with van der Waals surface area (Å²) >= 11 is 2.13. The number of unbranched alkanes of at least 4 members (excludes halogenated alkanes) is 1. The van der Waals surface area contributed by atoms with Crippen molar-refractivity contribution in [1.82, 2.24) is 0 Å². The van der Waals surface area contributed by atoms with Crippen LogP contribution in [0.25, 0.3) is 0 Å². The topological polar surface area (TPSA) is 26.0 Å². The largest absolute Gasteiger partial charge is 0.324 e. The fraction of sp³-hybridized carbons (Fsp3) is 0.455. The normalized spacial score (nSPS) is 12.9. The van der Waals surface area contributed by atoms with Gasteiger partial charge in [0.1, 0.15) is 5.82 Å². The average molecular weight is 307 g/mol. The third kappa shape index (κ3) is 3.20. The van der Waals surface area contributed by atoms with Crippen LogP contribution in [0.2, 0.25) is 0 Å². The van der Waals surface area contributed by atoms with Crippen LogP contribution in [-0.2, 0) is 0 Å². The highest BCUT2D eigenvalue weighted by atomic mass is 127. The lowest BCUT2D eigenvalue weighted by Crippen LogP contribution is -2.11. The zero-order valence-electron chi connectivity index (χ0n) is 8.26. The SMILES string of the molecule is CCCCC(N)c1ccc(F)cc1I. The molecule has 14 heavy (non-hydrogen) atoms. The Morgan fingerprint density at radius 2 is 2.21 bits per heavy atom. The number of nitrogens with two attached hydrogens (primary N) is 1. The first kappa shape index (κ1) is 11.9. The molecule has 1 rings (SSSR count). The quantitative estimate of drug-likeness (QED) is 0.845. The van der Waals surface area contributed by atoms with Gasteiger partial charge in [-0.2, -0.15) is 0 Å². The molecule has 1 atom stereocenters. The number of hydrogen-bond donors (Lipinski definition) is 1. The first-order valence-electron chi connectivity index (χ1n) is 4.85. The van der Waals surface area contributed by atoms with E-state index < -0.39 is 0 Å². The van der Waals surface area contributed by atoms with Gasteiger partial charge in [-0.25, -0.2) is 4.39 Å². The van der Waals surface area contributed by atoms with Crippen molar-refractivity contribution < 1.29 is 4.39 Å². The van der Waals surface area contributed by atoms with Gasteiger partial charge in [0.25, 0.3) is 0 Å². The fourth-order valence-corrected chi connectivity index (χ4v) is 2.26. The standard InChI is InChI=1S/C11H15FIN/c1-2-3-4-11(14)9-6-5-8(12)7-10(9)13/h5-7,11H,2-4,14H2,1H3. The fourth-order valence-electron chi connectivity index (χ4n) is 1.38. The molecule has 0 aromatic heterocycles. The van der Waals surface area contributed by atoms with Crippen LogP contribution in [0.5, 0.6) is 0 Å². The molecule has 0 bridgehead atoms. The van der Waals surface area contributed by atoms with Crippen LogP contribution in [-0.4, -0.2) is 0 Å². The molecule has 1 aromatic carbocycles. The van der Waals surface area contributed by atoms with Gasteiger partial charge in [-0.3, -0.25) is 0 Å². The predicted octanol–water partition coefficient (Wildman–Crippen LogP) is 3.62. The maximum atomic E-state index is 12.8. The summed E-state index contributed by atoms with van der Waals surface area (Å²) in [6.45, 7) is 2.14. The van der Waals surface area contributed by atoms with Gasteiger partial charge in [0, 0.05) is 9.61 Å². The Morgan fingerprint density at radius 3 is 2.79 bits per heavy atom. The van der Waals surface area contributed by atoms with E-state index in [-0.39, 0.29) is 11.9 Å². The molecule has 3 heteroatoms. The van der Waals surface area contributed by atoms with Crippen molar-refractivity contribution in [2.75, 3.05) is 0 Å². The van der Waals surface area contributed by atoms with Crippen LogP contribution in [0.3, 0.4) is 0 Å². The average Bonchev–Trinajstić information content (AvgIpc) is 2.14. The molecule has 0 aliphatic heterocycles. The predicted molar refractivity (Wildman–Crippen MR) is 65.6 cm³/mol. The molecular weight excluding hydrogens is 292 g/mol. The molecule has 1 aromatic rings. The second-order valence-corrected chi connectivity index (χ2v) is 4.58. The molecule has 0 spiro atoms. The number of hydrogen-bond acceptors (Lipinski definition) is 1. The number of halogens is 2. The lowest BCUT2D eigenvalue weighted by Gasteiger charge is -2.13. The molecule has 0 saturated heterocycles. The van der Waals surface area contributed by atoms with E-state index in [1.165, 1.54) is 12.1 Å². The highest BCUT2D eigenvalue weighted by molar-refractivity contribution is 14.1. The van der Waals surface area contributed by atoms with E-state index in [2.05, 4.69) is 29.5 Å². The van der Waals surface area contributed by atoms with Gasteiger partial charge < -0.3 is 5.73 Å². The molecule has 0 saturated carbocycles. The minimum absolute atomic E-state index is 0.0439. The Kier molecular flexibility index (Phi) is 4.81. The molecule has 1 unspecified atom stereocenters. The third-order valence-corrected chi connectivity index (χ3v) is 3.16. The van der Waals surface area contributed by atoms with E-state index >= 15 is 0 Å². The maximum absolute atomic E-state index is 12.8. The monoisotopic (exact) mass is 307 g/mol. The highest BCUT2D eigenvalue weighted by Gasteiger charge is 2.09. The maximum Gasteiger partial charge on any atom is 0.124 e. The second-order valence-electron chi connectivity index (χ2n) is 3.41. The van der Waals surface area contributed by atoms with Crippen molar-refractivity contribution in [3.05, 3.63) is 33.1 Å². The van der Waals surface area contributed by atoms with Gasteiger partial charge in [-0.15, -0.1) is 0 Å². The number of rotatable bonds is 4. The summed E-state index contributed by atoms with van der Waals surface area (Å²) in [6, 6.07) is 4.84. The van der Waals surface area contributed by atoms with E-state index in [4.69, 9.17) is 5.73 Å². The minimum atomic E-state index is -0.194. The lowest BCUT2D eigenvalue weighted by molar-refractivity contribution is 0.594. The van der Waals surface area contributed by atoms with Crippen molar-refractivity contribution in [3.8, 4) is 0 Å². The first-order chi connectivity index (χ1) is 6.65. The van der Waals surface area contributed by atoms with E-state index in [0.29, 0.717) is 0 Å². The van der Waals surface area contributed by atoms with Gasteiger partial charge in [-0.1, -0.05) is 25.8 Å². The van der Waals surface area contributed by atoms with Gasteiger partial charge in [-0.05, 0) is 46.7 Å². The van der Waals surface area contributed by atoms with E-state index in [1.54, 1.807) is 6.07 Å². The molecule has 0 aliphatic carbocycles. The second kappa shape index (κ2) is 5.66. The molecule has 0 radical (unpaired) electrons. The first-order valence-corrected chi connectivity index (χ1v) is 5.93. The van der Waals surface area contributed by atoms with Gasteiger partial charge in [0.05, 0.1) is 0 Å². The Morgan fingerprint density at radius 1 is 1.50 bits per heavy atom. The zero-order valence-corrected chi connectivity index (χ0v) is 10.4. The van der Waals surface area contributed by atoms with Gasteiger partial charge in [0.2, 0.25) is 0 Å². The van der Waals surface area contributed by atoms with Crippen LogP contribution in [0.4, 0.5) is 4.39 Å². The van der Waals surface area contributed by atoms with E-state index in [1.807, 2.05) is 0 Å². The van der Waals surface area contributed by atoms with Crippen LogP contribution in [0, 0.1) is 9.39 Å². The Hall–Kier alpha value is -0.160. The van der Waals surface area contributed by atoms with Crippen molar-refractivity contribution in [3.63, 3.8) is 0 Å².